The van der Waals surface area contributed by atoms with E-state index in [2.05, 4.69) is 15.6 Å². The lowest BCUT2D eigenvalue weighted by atomic mass is 10.3. The SMILES string of the molecule is O=C(NC1CC1)c1coc(CN(C(=O)Nc2ccc(F)cc2F)C2CC2)n1. The van der Waals surface area contributed by atoms with Gasteiger partial charge in [0.15, 0.2) is 5.69 Å². The first-order valence-electron chi connectivity index (χ1n) is 8.77. The van der Waals surface area contributed by atoms with Crippen LogP contribution in [-0.2, 0) is 6.54 Å². The van der Waals surface area contributed by atoms with Crippen molar-refractivity contribution in [3.8, 4) is 0 Å². The first kappa shape index (κ1) is 17.4. The lowest BCUT2D eigenvalue weighted by molar-refractivity contribution is 0.0946. The van der Waals surface area contributed by atoms with Crippen molar-refractivity contribution in [2.75, 3.05) is 5.32 Å². The third-order valence-electron chi connectivity index (χ3n) is 4.42. The van der Waals surface area contributed by atoms with Crippen LogP contribution in [0.5, 0.6) is 0 Å². The second kappa shape index (κ2) is 6.98. The van der Waals surface area contributed by atoms with Crippen molar-refractivity contribution >= 4 is 17.6 Å². The van der Waals surface area contributed by atoms with Crippen molar-refractivity contribution in [1.82, 2.24) is 15.2 Å². The van der Waals surface area contributed by atoms with E-state index in [9.17, 15) is 18.4 Å². The van der Waals surface area contributed by atoms with Crippen LogP contribution in [0.3, 0.4) is 0 Å². The Morgan fingerprint density at radius 1 is 1.22 bits per heavy atom. The number of oxazole rings is 1. The molecule has 1 aromatic heterocycles. The van der Waals surface area contributed by atoms with Crippen LogP contribution in [0, 0.1) is 11.6 Å². The van der Waals surface area contributed by atoms with Crippen LogP contribution in [0.15, 0.2) is 28.9 Å². The summed E-state index contributed by atoms with van der Waals surface area (Å²) in [6.07, 6.45) is 4.82. The minimum Gasteiger partial charge on any atom is -0.446 e. The van der Waals surface area contributed by atoms with Crippen molar-refractivity contribution in [1.29, 1.82) is 0 Å². The molecule has 0 aliphatic heterocycles. The molecule has 2 N–H and O–H groups in total. The number of hydrogen-bond donors (Lipinski definition) is 2. The number of carbonyl (C=O) groups excluding carboxylic acids is 2. The maximum absolute atomic E-state index is 13.8. The molecule has 3 amide bonds. The number of aromatic nitrogens is 1. The Labute approximate surface area is 153 Å². The van der Waals surface area contributed by atoms with Gasteiger partial charge in [-0.2, -0.15) is 0 Å². The fourth-order valence-electron chi connectivity index (χ4n) is 2.65. The second-order valence-electron chi connectivity index (χ2n) is 6.79. The molecule has 0 atom stereocenters. The first-order chi connectivity index (χ1) is 13.0. The Hall–Kier alpha value is -2.97. The first-order valence-corrected chi connectivity index (χ1v) is 8.77. The molecular formula is C18H18F2N4O3. The van der Waals surface area contributed by atoms with Gasteiger partial charge in [0.25, 0.3) is 5.91 Å². The normalized spacial score (nSPS) is 16.1. The summed E-state index contributed by atoms with van der Waals surface area (Å²) >= 11 is 0. The molecule has 1 heterocycles. The van der Waals surface area contributed by atoms with Crippen LogP contribution in [0.4, 0.5) is 19.3 Å². The van der Waals surface area contributed by atoms with Gasteiger partial charge in [0.1, 0.15) is 17.9 Å². The van der Waals surface area contributed by atoms with Gasteiger partial charge in [0, 0.05) is 18.2 Å². The van der Waals surface area contributed by atoms with E-state index in [0.717, 1.165) is 31.7 Å². The number of halogens is 2. The minimum atomic E-state index is -0.853. The quantitative estimate of drug-likeness (QED) is 0.811. The van der Waals surface area contributed by atoms with Crippen LogP contribution in [-0.4, -0.2) is 33.9 Å². The van der Waals surface area contributed by atoms with Crippen molar-refractivity contribution in [2.45, 2.75) is 44.3 Å². The Morgan fingerprint density at radius 3 is 2.67 bits per heavy atom. The summed E-state index contributed by atoms with van der Waals surface area (Å²) in [6.45, 7) is 0.0516. The van der Waals surface area contributed by atoms with Crippen molar-refractivity contribution in [3.63, 3.8) is 0 Å². The Balaban J connectivity index is 1.42. The van der Waals surface area contributed by atoms with Gasteiger partial charge in [0.2, 0.25) is 5.89 Å². The molecule has 2 fully saturated rings. The van der Waals surface area contributed by atoms with E-state index in [0.29, 0.717) is 6.07 Å². The predicted octanol–water partition coefficient (Wildman–Crippen LogP) is 3.04. The average Bonchev–Trinajstić information content (AvgIpc) is 3.56. The lowest BCUT2D eigenvalue weighted by Gasteiger charge is -2.21. The molecule has 2 aliphatic rings. The van der Waals surface area contributed by atoms with Crippen molar-refractivity contribution in [2.24, 2.45) is 0 Å². The summed E-state index contributed by atoms with van der Waals surface area (Å²) in [6, 6.07) is 2.60. The van der Waals surface area contributed by atoms with Gasteiger partial charge in [-0.15, -0.1) is 0 Å². The topological polar surface area (TPSA) is 87.5 Å². The highest BCUT2D eigenvalue weighted by Crippen LogP contribution is 2.29. The number of rotatable bonds is 6. The molecule has 4 rings (SSSR count). The van der Waals surface area contributed by atoms with E-state index in [-0.39, 0.29) is 41.8 Å². The van der Waals surface area contributed by atoms with Gasteiger partial charge in [-0.1, -0.05) is 0 Å². The predicted molar refractivity (Wildman–Crippen MR) is 90.9 cm³/mol. The molecule has 0 spiro atoms. The molecule has 2 aliphatic carbocycles. The van der Waals surface area contributed by atoms with Crippen LogP contribution in [0.2, 0.25) is 0 Å². The summed E-state index contributed by atoms with van der Waals surface area (Å²) in [4.78, 5) is 30.1. The molecule has 0 unspecified atom stereocenters. The monoisotopic (exact) mass is 376 g/mol. The molecule has 0 saturated heterocycles. The van der Waals surface area contributed by atoms with Gasteiger partial charge in [-0.05, 0) is 37.8 Å². The average molecular weight is 376 g/mol. The number of urea groups is 1. The molecule has 2 saturated carbocycles. The van der Waals surface area contributed by atoms with Crippen LogP contribution in [0.25, 0.3) is 0 Å². The number of hydrogen-bond acceptors (Lipinski definition) is 4. The van der Waals surface area contributed by atoms with Gasteiger partial charge in [-0.3, -0.25) is 4.79 Å². The van der Waals surface area contributed by atoms with Gasteiger partial charge in [0.05, 0.1) is 12.2 Å². The number of carbonyl (C=O) groups is 2. The molecule has 27 heavy (non-hydrogen) atoms. The molecule has 142 valence electrons. The zero-order valence-electron chi connectivity index (χ0n) is 14.4. The molecule has 9 heteroatoms. The standard InChI is InChI=1S/C18H18F2N4O3/c19-10-1-6-14(13(20)7-10)23-18(26)24(12-4-5-12)8-16-22-15(9-27-16)17(25)21-11-2-3-11/h1,6-7,9,11-12H,2-5,8H2,(H,21,25)(H,23,26). The lowest BCUT2D eigenvalue weighted by Crippen LogP contribution is -2.36. The number of nitrogens with one attached hydrogen (secondary N) is 2. The number of amides is 3. The number of anilines is 1. The van der Waals surface area contributed by atoms with Crippen LogP contribution < -0.4 is 10.6 Å². The van der Waals surface area contributed by atoms with Crippen molar-refractivity contribution < 1.29 is 22.8 Å². The molecule has 0 radical (unpaired) electrons. The summed E-state index contributed by atoms with van der Waals surface area (Å²) in [5.41, 5.74) is 0.0570. The molecule has 0 bridgehead atoms. The highest BCUT2D eigenvalue weighted by molar-refractivity contribution is 5.92. The largest absolute Gasteiger partial charge is 0.446 e. The highest BCUT2D eigenvalue weighted by Gasteiger charge is 2.34. The molecular weight excluding hydrogens is 358 g/mol. The van der Waals surface area contributed by atoms with E-state index in [1.165, 1.54) is 17.2 Å². The zero-order chi connectivity index (χ0) is 19.0. The van der Waals surface area contributed by atoms with Gasteiger partial charge >= 0.3 is 6.03 Å². The molecule has 2 aromatic rings. The molecule has 7 nitrogen and oxygen atoms in total. The summed E-state index contributed by atoms with van der Waals surface area (Å²) in [5, 5.41) is 5.25. The Bertz CT molecular complexity index is 877. The van der Waals surface area contributed by atoms with Gasteiger partial charge in [-0.25, -0.2) is 18.6 Å². The van der Waals surface area contributed by atoms with Crippen molar-refractivity contribution in [3.05, 3.63) is 47.7 Å². The fourth-order valence-corrected chi connectivity index (χ4v) is 2.65. The Kier molecular flexibility index (Phi) is 4.51. The highest BCUT2D eigenvalue weighted by atomic mass is 19.1. The van der Waals surface area contributed by atoms with E-state index in [1.807, 2.05) is 0 Å². The molecule has 1 aromatic carbocycles. The number of nitrogens with zero attached hydrogens (tertiary/aromatic N) is 2. The third kappa shape index (κ3) is 4.24. The zero-order valence-corrected chi connectivity index (χ0v) is 14.4. The smallest absolute Gasteiger partial charge is 0.322 e. The Morgan fingerprint density at radius 2 is 2.00 bits per heavy atom. The van der Waals surface area contributed by atoms with E-state index in [4.69, 9.17) is 4.42 Å². The maximum atomic E-state index is 13.8. The van der Waals surface area contributed by atoms with Gasteiger partial charge < -0.3 is 20.0 Å². The summed E-state index contributed by atoms with van der Waals surface area (Å²) in [5.74, 6) is -1.66. The summed E-state index contributed by atoms with van der Waals surface area (Å²) in [7, 11) is 0. The van der Waals surface area contributed by atoms with E-state index in [1.54, 1.807) is 0 Å². The number of benzene rings is 1. The van der Waals surface area contributed by atoms with E-state index >= 15 is 0 Å². The van der Waals surface area contributed by atoms with Crippen LogP contribution >= 0.6 is 0 Å². The maximum Gasteiger partial charge on any atom is 0.322 e. The van der Waals surface area contributed by atoms with E-state index < -0.39 is 17.7 Å². The minimum absolute atomic E-state index is 0.0100. The fraction of sp³-hybridized carbons (Fsp3) is 0.389. The second-order valence-corrected chi connectivity index (χ2v) is 6.79. The third-order valence-corrected chi connectivity index (χ3v) is 4.42. The summed E-state index contributed by atoms with van der Waals surface area (Å²) < 4.78 is 32.1. The van der Waals surface area contributed by atoms with Crippen LogP contribution in [0.1, 0.15) is 42.1 Å².